The van der Waals surface area contributed by atoms with Gasteiger partial charge in [-0.2, -0.15) is 4.98 Å². The van der Waals surface area contributed by atoms with Gasteiger partial charge in [-0.05, 0) is 18.9 Å². The van der Waals surface area contributed by atoms with Crippen molar-refractivity contribution in [1.29, 1.82) is 0 Å². The molecule has 1 aliphatic carbocycles. The van der Waals surface area contributed by atoms with Crippen LogP contribution in [-0.4, -0.2) is 20.2 Å². The average molecular weight is 217 g/mol. The Balaban J connectivity index is 2.02. The first-order valence-corrected chi connectivity index (χ1v) is 5.17. The maximum atomic E-state index is 9.60. The monoisotopic (exact) mass is 217 g/mol. The Bertz CT molecular complexity index is 532. The minimum Gasteiger partial charge on any atom is -0.505 e. The third-order valence-corrected chi connectivity index (χ3v) is 3.00. The van der Waals surface area contributed by atoms with E-state index in [1.807, 2.05) is 0 Å². The molecule has 0 saturated heterocycles. The van der Waals surface area contributed by atoms with Gasteiger partial charge in [0.25, 0.3) is 5.89 Å². The van der Waals surface area contributed by atoms with Crippen LogP contribution in [0.25, 0.3) is 11.5 Å². The molecular formula is C11H11N3O2. The van der Waals surface area contributed by atoms with Crippen LogP contribution in [0.3, 0.4) is 0 Å². The standard InChI is InChI=1S/C11H11N3O2/c1-11(3-4-11)10-13-9(16-14-10)7-2-5-12-6-8(7)15/h2,5-6,15H,3-4H2,1H3. The fourth-order valence-electron chi connectivity index (χ4n) is 1.56. The van der Waals surface area contributed by atoms with Crippen molar-refractivity contribution in [3.8, 4) is 17.2 Å². The van der Waals surface area contributed by atoms with Crippen LogP contribution >= 0.6 is 0 Å². The van der Waals surface area contributed by atoms with Gasteiger partial charge in [-0.1, -0.05) is 12.1 Å². The second kappa shape index (κ2) is 3.04. The van der Waals surface area contributed by atoms with Gasteiger partial charge in [0.1, 0.15) is 5.75 Å². The molecule has 0 atom stereocenters. The summed E-state index contributed by atoms with van der Waals surface area (Å²) in [6.45, 7) is 2.11. The van der Waals surface area contributed by atoms with Crippen LogP contribution in [0.15, 0.2) is 23.0 Å². The predicted octanol–water partition coefficient (Wildman–Crippen LogP) is 1.89. The average Bonchev–Trinajstić information content (AvgIpc) is 2.84. The highest BCUT2D eigenvalue weighted by Crippen LogP contribution is 2.46. The SMILES string of the molecule is CC1(c2noc(-c3ccncc3O)n2)CC1. The maximum absolute atomic E-state index is 9.60. The zero-order chi connectivity index (χ0) is 11.2. The van der Waals surface area contributed by atoms with Crippen LogP contribution in [0, 0.1) is 0 Å². The molecule has 2 aromatic heterocycles. The molecule has 5 heteroatoms. The highest BCUT2D eigenvalue weighted by Gasteiger charge is 2.43. The van der Waals surface area contributed by atoms with Crippen molar-refractivity contribution >= 4 is 0 Å². The van der Waals surface area contributed by atoms with Crippen molar-refractivity contribution in [3.05, 3.63) is 24.3 Å². The van der Waals surface area contributed by atoms with E-state index in [0.717, 1.165) is 18.7 Å². The van der Waals surface area contributed by atoms with Crippen LogP contribution in [0.1, 0.15) is 25.6 Å². The van der Waals surface area contributed by atoms with Gasteiger partial charge in [0.15, 0.2) is 5.82 Å². The third-order valence-electron chi connectivity index (χ3n) is 3.00. The lowest BCUT2D eigenvalue weighted by atomic mass is 10.1. The summed E-state index contributed by atoms with van der Waals surface area (Å²) in [5, 5.41) is 13.6. The quantitative estimate of drug-likeness (QED) is 0.831. The number of hydrogen-bond acceptors (Lipinski definition) is 5. The second-order valence-electron chi connectivity index (χ2n) is 4.38. The lowest BCUT2D eigenvalue weighted by Crippen LogP contribution is -2.01. The highest BCUT2D eigenvalue weighted by molar-refractivity contribution is 5.60. The van der Waals surface area contributed by atoms with Crippen LogP contribution < -0.4 is 0 Å². The molecule has 1 saturated carbocycles. The van der Waals surface area contributed by atoms with Crippen molar-refractivity contribution in [2.45, 2.75) is 25.2 Å². The Morgan fingerprint density at radius 3 is 2.94 bits per heavy atom. The number of hydrogen-bond donors (Lipinski definition) is 1. The Hall–Kier alpha value is -1.91. The van der Waals surface area contributed by atoms with Crippen molar-refractivity contribution in [2.75, 3.05) is 0 Å². The van der Waals surface area contributed by atoms with Crippen molar-refractivity contribution in [2.24, 2.45) is 0 Å². The summed E-state index contributed by atoms with van der Waals surface area (Å²) in [5.41, 5.74) is 0.600. The smallest absolute Gasteiger partial charge is 0.261 e. The number of rotatable bonds is 2. The molecule has 16 heavy (non-hydrogen) atoms. The molecule has 1 aliphatic rings. The first-order valence-electron chi connectivity index (χ1n) is 5.17. The third kappa shape index (κ3) is 1.36. The van der Waals surface area contributed by atoms with Crippen LogP contribution in [-0.2, 0) is 5.41 Å². The molecule has 1 fully saturated rings. The minimum atomic E-state index is 0.0543. The Labute approximate surface area is 92.1 Å². The van der Waals surface area contributed by atoms with Crippen molar-refractivity contribution in [1.82, 2.24) is 15.1 Å². The van der Waals surface area contributed by atoms with Crippen LogP contribution in [0.2, 0.25) is 0 Å². The number of pyridine rings is 1. The summed E-state index contributed by atoms with van der Waals surface area (Å²) < 4.78 is 5.15. The molecule has 0 amide bonds. The van der Waals surface area contributed by atoms with Crippen molar-refractivity contribution in [3.63, 3.8) is 0 Å². The predicted molar refractivity (Wildman–Crippen MR) is 55.8 cm³/mol. The van der Waals surface area contributed by atoms with E-state index in [0.29, 0.717) is 11.5 Å². The molecule has 2 aromatic rings. The molecule has 82 valence electrons. The van der Waals surface area contributed by atoms with Gasteiger partial charge in [-0.3, -0.25) is 4.98 Å². The normalized spacial score (nSPS) is 17.3. The molecule has 1 N–H and O–H groups in total. The molecule has 0 aromatic carbocycles. The molecule has 0 unspecified atom stereocenters. The first kappa shape index (κ1) is 9.33. The van der Waals surface area contributed by atoms with Gasteiger partial charge in [-0.25, -0.2) is 0 Å². The van der Waals surface area contributed by atoms with E-state index < -0.39 is 0 Å². The Morgan fingerprint density at radius 1 is 1.44 bits per heavy atom. The summed E-state index contributed by atoms with van der Waals surface area (Å²) in [6, 6.07) is 1.65. The van der Waals surface area contributed by atoms with Crippen LogP contribution in [0.5, 0.6) is 5.75 Å². The van der Waals surface area contributed by atoms with E-state index in [2.05, 4.69) is 22.0 Å². The van der Waals surface area contributed by atoms with Crippen LogP contribution in [0.4, 0.5) is 0 Å². The molecule has 0 spiro atoms. The zero-order valence-electron chi connectivity index (χ0n) is 8.84. The molecule has 5 nitrogen and oxygen atoms in total. The van der Waals surface area contributed by atoms with E-state index >= 15 is 0 Å². The van der Waals surface area contributed by atoms with Gasteiger partial charge in [0.2, 0.25) is 0 Å². The number of aromatic hydroxyl groups is 1. The van der Waals surface area contributed by atoms with Gasteiger partial charge >= 0.3 is 0 Å². The summed E-state index contributed by atoms with van der Waals surface area (Å²) in [4.78, 5) is 8.11. The van der Waals surface area contributed by atoms with E-state index in [-0.39, 0.29) is 11.2 Å². The van der Waals surface area contributed by atoms with E-state index in [9.17, 15) is 5.11 Å². The van der Waals surface area contributed by atoms with E-state index in [1.165, 1.54) is 6.20 Å². The molecule has 0 aliphatic heterocycles. The number of aromatic nitrogens is 3. The zero-order valence-corrected chi connectivity index (χ0v) is 8.84. The molecule has 2 heterocycles. The molecule has 0 radical (unpaired) electrons. The maximum Gasteiger partial charge on any atom is 0.261 e. The summed E-state index contributed by atoms with van der Waals surface area (Å²) >= 11 is 0. The second-order valence-corrected chi connectivity index (χ2v) is 4.38. The van der Waals surface area contributed by atoms with Gasteiger partial charge < -0.3 is 9.63 Å². The first-order chi connectivity index (χ1) is 7.69. The summed E-state index contributed by atoms with van der Waals surface area (Å²) in [7, 11) is 0. The Morgan fingerprint density at radius 2 is 2.25 bits per heavy atom. The Kier molecular flexibility index (Phi) is 1.77. The lowest BCUT2D eigenvalue weighted by molar-refractivity contribution is 0.411. The lowest BCUT2D eigenvalue weighted by Gasteiger charge is -1.98. The fraction of sp³-hybridized carbons (Fsp3) is 0.364. The fourth-order valence-corrected chi connectivity index (χ4v) is 1.56. The van der Waals surface area contributed by atoms with Gasteiger partial charge in [0.05, 0.1) is 11.8 Å². The molecule has 3 rings (SSSR count). The highest BCUT2D eigenvalue weighted by atomic mass is 16.5. The summed E-state index contributed by atoms with van der Waals surface area (Å²) in [6.07, 6.45) is 5.12. The summed E-state index contributed by atoms with van der Waals surface area (Å²) in [5.74, 6) is 1.13. The van der Waals surface area contributed by atoms with E-state index in [4.69, 9.17) is 4.52 Å². The van der Waals surface area contributed by atoms with Crippen molar-refractivity contribution < 1.29 is 9.63 Å². The topological polar surface area (TPSA) is 72.0 Å². The molecule has 0 bridgehead atoms. The largest absolute Gasteiger partial charge is 0.505 e. The van der Waals surface area contributed by atoms with E-state index in [1.54, 1.807) is 12.3 Å². The minimum absolute atomic E-state index is 0.0543. The van der Waals surface area contributed by atoms with Gasteiger partial charge in [-0.15, -0.1) is 0 Å². The van der Waals surface area contributed by atoms with Gasteiger partial charge in [0, 0.05) is 11.6 Å². The molecular weight excluding hydrogens is 206 g/mol. The number of nitrogens with zero attached hydrogens (tertiary/aromatic N) is 3.